The van der Waals surface area contributed by atoms with Gasteiger partial charge in [-0.2, -0.15) is 0 Å². The summed E-state index contributed by atoms with van der Waals surface area (Å²) < 4.78 is 25.9. The van der Waals surface area contributed by atoms with Crippen LogP contribution in [-0.2, 0) is 10.0 Å². The van der Waals surface area contributed by atoms with Crippen LogP contribution in [-0.4, -0.2) is 31.9 Å². The number of anilines is 1. The second-order valence-electron chi connectivity index (χ2n) is 4.32. The van der Waals surface area contributed by atoms with E-state index in [1.165, 1.54) is 4.31 Å². The highest BCUT2D eigenvalue weighted by atomic mass is 32.2. The molecule has 0 aliphatic rings. The van der Waals surface area contributed by atoms with E-state index in [1.54, 1.807) is 30.3 Å². The molecule has 0 radical (unpaired) electrons. The van der Waals surface area contributed by atoms with Crippen LogP contribution in [0.3, 0.4) is 0 Å². The lowest BCUT2D eigenvalue weighted by atomic mass is 10.2. The van der Waals surface area contributed by atoms with Gasteiger partial charge in [-0.3, -0.25) is 4.31 Å². The number of aliphatic hydroxyl groups excluding tert-OH is 1. The molecular formula is C14H21NO3S. The molecule has 1 N–H and O–H groups in total. The Morgan fingerprint density at radius 2 is 2.00 bits per heavy atom. The predicted octanol–water partition coefficient (Wildman–Crippen LogP) is 2.17. The maximum Gasteiger partial charge on any atom is 0.235 e. The van der Waals surface area contributed by atoms with Crippen LogP contribution >= 0.6 is 0 Å². The van der Waals surface area contributed by atoms with E-state index in [9.17, 15) is 13.5 Å². The predicted molar refractivity (Wildman–Crippen MR) is 78.7 cm³/mol. The Morgan fingerprint density at radius 1 is 1.37 bits per heavy atom. The molecule has 1 aromatic carbocycles. The van der Waals surface area contributed by atoms with Crippen LogP contribution in [0, 0.1) is 0 Å². The minimum atomic E-state index is -3.44. The zero-order valence-corrected chi connectivity index (χ0v) is 12.0. The zero-order chi connectivity index (χ0) is 14.3. The molecule has 106 valence electrons. The van der Waals surface area contributed by atoms with Gasteiger partial charge >= 0.3 is 0 Å². The average molecular weight is 283 g/mol. The van der Waals surface area contributed by atoms with Crippen LogP contribution in [0.15, 0.2) is 43.0 Å². The third-order valence-electron chi connectivity index (χ3n) is 2.81. The summed E-state index contributed by atoms with van der Waals surface area (Å²) in [5.74, 6) is 0.00181. The molecule has 5 heteroatoms. The van der Waals surface area contributed by atoms with Gasteiger partial charge in [0.15, 0.2) is 0 Å². The summed E-state index contributed by atoms with van der Waals surface area (Å²) in [5, 5.41) is 9.75. The number of hydrogen-bond donors (Lipinski definition) is 1. The Morgan fingerprint density at radius 3 is 2.53 bits per heavy atom. The normalized spacial score (nSPS) is 12.9. The van der Waals surface area contributed by atoms with Crippen molar-refractivity contribution in [2.45, 2.75) is 25.9 Å². The van der Waals surface area contributed by atoms with Crippen molar-refractivity contribution >= 4 is 15.7 Å². The summed E-state index contributed by atoms with van der Waals surface area (Å²) in [4.78, 5) is 0. The number of hydrogen-bond acceptors (Lipinski definition) is 3. The molecule has 0 saturated heterocycles. The molecule has 1 rings (SSSR count). The molecule has 0 aliphatic carbocycles. The van der Waals surface area contributed by atoms with Gasteiger partial charge in [-0.25, -0.2) is 8.42 Å². The van der Waals surface area contributed by atoms with E-state index < -0.39 is 16.1 Å². The molecule has 1 aromatic rings. The first-order valence-electron chi connectivity index (χ1n) is 6.35. The summed E-state index contributed by atoms with van der Waals surface area (Å²) in [7, 11) is -3.44. The van der Waals surface area contributed by atoms with Crippen LogP contribution in [0.25, 0.3) is 0 Å². The highest BCUT2D eigenvalue weighted by molar-refractivity contribution is 7.92. The zero-order valence-electron chi connectivity index (χ0n) is 11.2. The summed E-state index contributed by atoms with van der Waals surface area (Å²) >= 11 is 0. The van der Waals surface area contributed by atoms with Gasteiger partial charge in [0.05, 0.1) is 24.1 Å². The number of rotatable bonds is 8. The lowest BCUT2D eigenvalue weighted by Gasteiger charge is -2.26. The van der Waals surface area contributed by atoms with E-state index in [4.69, 9.17) is 0 Å². The summed E-state index contributed by atoms with van der Waals surface area (Å²) in [5.41, 5.74) is 0.582. The van der Waals surface area contributed by atoms with Crippen molar-refractivity contribution in [1.82, 2.24) is 0 Å². The molecule has 19 heavy (non-hydrogen) atoms. The number of allylic oxidation sites excluding steroid dienone is 1. The summed E-state index contributed by atoms with van der Waals surface area (Å²) in [6, 6.07) is 8.85. The second-order valence-corrected chi connectivity index (χ2v) is 6.33. The van der Waals surface area contributed by atoms with Crippen molar-refractivity contribution in [1.29, 1.82) is 0 Å². The van der Waals surface area contributed by atoms with E-state index in [0.29, 0.717) is 18.5 Å². The second kappa shape index (κ2) is 7.31. The van der Waals surface area contributed by atoms with Gasteiger partial charge in [-0.15, -0.1) is 6.58 Å². The van der Waals surface area contributed by atoms with Gasteiger partial charge < -0.3 is 5.11 Å². The van der Waals surface area contributed by atoms with Crippen LogP contribution in [0.4, 0.5) is 5.69 Å². The molecule has 1 atom stereocenters. The lowest BCUT2D eigenvalue weighted by molar-refractivity contribution is 0.179. The van der Waals surface area contributed by atoms with E-state index in [2.05, 4.69) is 6.58 Å². The number of benzene rings is 1. The van der Waals surface area contributed by atoms with Crippen LogP contribution < -0.4 is 4.31 Å². The lowest BCUT2D eigenvalue weighted by Crippen LogP contribution is -2.38. The molecule has 1 unspecified atom stereocenters. The van der Waals surface area contributed by atoms with E-state index in [1.807, 2.05) is 13.0 Å². The Bertz CT molecular complexity index is 485. The fourth-order valence-corrected chi connectivity index (χ4v) is 3.16. The van der Waals surface area contributed by atoms with Crippen LogP contribution in [0.1, 0.15) is 19.8 Å². The Labute approximate surface area is 115 Å². The van der Waals surface area contributed by atoms with E-state index >= 15 is 0 Å². The van der Waals surface area contributed by atoms with Gasteiger partial charge in [0.2, 0.25) is 10.0 Å². The van der Waals surface area contributed by atoms with E-state index in [0.717, 1.165) is 0 Å². The minimum Gasteiger partial charge on any atom is -0.391 e. The summed E-state index contributed by atoms with van der Waals surface area (Å²) in [6.07, 6.45) is 1.82. The molecular weight excluding hydrogens is 262 g/mol. The highest BCUT2D eigenvalue weighted by Crippen LogP contribution is 2.19. The molecule has 0 aliphatic heterocycles. The average Bonchev–Trinajstić information content (AvgIpc) is 2.43. The molecule has 0 saturated carbocycles. The van der Waals surface area contributed by atoms with Crippen molar-refractivity contribution in [3.63, 3.8) is 0 Å². The van der Waals surface area contributed by atoms with Crippen molar-refractivity contribution in [3.05, 3.63) is 43.0 Å². The number of aliphatic hydroxyl groups is 1. The van der Waals surface area contributed by atoms with Gasteiger partial charge in [0, 0.05) is 0 Å². The quantitative estimate of drug-likeness (QED) is 0.744. The first kappa shape index (κ1) is 15.7. The van der Waals surface area contributed by atoms with Crippen LogP contribution in [0.5, 0.6) is 0 Å². The standard InChI is InChI=1S/C14H21NO3S/c1-3-5-11-19(17,18)15(12-14(16)4-2)13-9-7-6-8-10-13/h3,6-10,14,16H,1,4-5,11-12H2,2H3. The molecule has 0 spiro atoms. The van der Waals surface area contributed by atoms with Gasteiger partial charge in [0.25, 0.3) is 0 Å². The largest absolute Gasteiger partial charge is 0.391 e. The monoisotopic (exact) mass is 283 g/mol. The maximum absolute atomic E-state index is 12.3. The summed E-state index contributed by atoms with van der Waals surface area (Å²) in [6.45, 7) is 5.45. The third kappa shape index (κ3) is 4.69. The fourth-order valence-electron chi connectivity index (χ4n) is 1.64. The van der Waals surface area contributed by atoms with E-state index in [-0.39, 0.29) is 12.3 Å². The molecule has 4 nitrogen and oxygen atoms in total. The van der Waals surface area contributed by atoms with Crippen LogP contribution in [0.2, 0.25) is 0 Å². The first-order valence-corrected chi connectivity index (χ1v) is 7.96. The van der Waals surface area contributed by atoms with Crippen molar-refractivity contribution in [2.75, 3.05) is 16.6 Å². The third-order valence-corrected chi connectivity index (χ3v) is 4.59. The molecule has 0 bridgehead atoms. The number of sulfonamides is 1. The van der Waals surface area contributed by atoms with Gasteiger partial charge in [-0.1, -0.05) is 31.2 Å². The van der Waals surface area contributed by atoms with Gasteiger partial charge in [0.1, 0.15) is 0 Å². The Balaban J connectivity index is 3.02. The van der Waals surface area contributed by atoms with Crippen molar-refractivity contribution in [2.24, 2.45) is 0 Å². The van der Waals surface area contributed by atoms with Crippen molar-refractivity contribution in [3.8, 4) is 0 Å². The molecule has 0 amide bonds. The maximum atomic E-state index is 12.3. The fraction of sp³-hybridized carbons (Fsp3) is 0.429. The molecule has 0 fully saturated rings. The first-order chi connectivity index (χ1) is 9.01. The topological polar surface area (TPSA) is 57.6 Å². The minimum absolute atomic E-state index is 0.00181. The smallest absolute Gasteiger partial charge is 0.235 e. The number of nitrogens with zero attached hydrogens (tertiary/aromatic N) is 1. The molecule has 0 aromatic heterocycles. The number of para-hydroxylation sites is 1. The molecule has 0 heterocycles. The Hall–Kier alpha value is -1.33. The van der Waals surface area contributed by atoms with Crippen molar-refractivity contribution < 1.29 is 13.5 Å². The van der Waals surface area contributed by atoms with Gasteiger partial charge in [-0.05, 0) is 25.0 Å². The SMILES string of the molecule is C=CCCS(=O)(=O)N(CC(O)CC)c1ccccc1. The Kier molecular flexibility index (Phi) is 6.05. The highest BCUT2D eigenvalue weighted by Gasteiger charge is 2.23.